The first-order valence-corrected chi connectivity index (χ1v) is 6.06. The molecular formula is C13H13FO2S. The minimum absolute atomic E-state index is 0.267. The molecule has 2 aromatic rings. The van der Waals surface area contributed by atoms with Crippen molar-refractivity contribution in [2.75, 3.05) is 7.11 Å². The summed E-state index contributed by atoms with van der Waals surface area (Å²) in [4.78, 5) is 1.09. The van der Waals surface area contributed by atoms with E-state index in [0.29, 0.717) is 5.75 Å². The van der Waals surface area contributed by atoms with Crippen LogP contribution in [0, 0.1) is 12.7 Å². The van der Waals surface area contributed by atoms with Gasteiger partial charge in [0.15, 0.2) is 0 Å². The molecule has 0 amide bonds. The van der Waals surface area contributed by atoms with Gasteiger partial charge in [0.2, 0.25) is 0 Å². The highest BCUT2D eigenvalue weighted by Gasteiger charge is 2.16. The maximum absolute atomic E-state index is 13.7. The highest BCUT2D eigenvalue weighted by Crippen LogP contribution is 2.29. The Bertz CT molecular complexity index is 522. The van der Waals surface area contributed by atoms with Crippen molar-refractivity contribution >= 4 is 11.3 Å². The monoisotopic (exact) mass is 252 g/mol. The Kier molecular flexibility index (Phi) is 3.45. The van der Waals surface area contributed by atoms with Gasteiger partial charge < -0.3 is 9.84 Å². The van der Waals surface area contributed by atoms with E-state index in [9.17, 15) is 9.50 Å². The number of hydrogen-bond donors (Lipinski definition) is 1. The van der Waals surface area contributed by atoms with Gasteiger partial charge in [0, 0.05) is 16.5 Å². The SMILES string of the molecule is COc1ccc(C(O)c2csc(C)c2)c(F)c1. The number of aliphatic hydroxyl groups is 1. The Balaban J connectivity index is 2.34. The van der Waals surface area contributed by atoms with Crippen LogP contribution in [0.1, 0.15) is 22.1 Å². The number of ether oxygens (including phenoxy) is 1. The molecule has 1 aromatic heterocycles. The Hall–Kier alpha value is -1.39. The quantitative estimate of drug-likeness (QED) is 0.908. The van der Waals surface area contributed by atoms with Crippen LogP contribution in [-0.2, 0) is 0 Å². The van der Waals surface area contributed by atoms with Gasteiger partial charge in [-0.3, -0.25) is 0 Å². The van der Waals surface area contributed by atoms with E-state index in [-0.39, 0.29) is 5.56 Å². The first-order valence-electron chi connectivity index (χ1n) is 5.18. The van der Waals surface area contributed by atoms with Gasteiger partial charge in [-0.1, -0.05) is 0 Å². The first-order chi connectivity index (χ1) is 8.11. The van der Waals surface area contributed by atoms with Crippen molar-refractivity contribution in [2.24, 2.45) is 0 Å². The molecule has 90 valence electrons. The van der Waals surface area contributed by atoms with Crippen LogP contribution in [-0.4, -0.2) is 12.2 Å². The number of halogens is 1. The van der Waals surface area contributed by atoms with Gasteiger partial charge in [-0.15, -0.1) is 11.3 Å². The molecule has 1 heterocycles. The number of methoxy groups -OCH3 is 1. The average molecular weight is 252 g/mol. The molecule has 1 unspecified atom stereocenters. The zero-order valence-corrected chi connectivity index (χ0v) is 10.4. The average Bonchev–Trinajstić information content (AvgIpc) is 2.75. The highest BCUT2D eigenvalue weighted by atomic mass is 32.1. The summed E-state index contributed by atoms with van der Waals surface area (Å²) < 4.78 is 18.7. The molecule has 17 heavy (non-hydrogen) atoms. The van der Waals surface area contributed by atoms with Gasteiger partial charge in [0.25, 0.3) is 0 Å². The van der Waals surface area contributed by atoms with E-state index < -0.39 is 11.9 Å². The second-order valence-electron chi connectivity index (χ2n) is 3.78. The fourth-order valence-electron chi connectivity index (χ4n) is 1.64. The second-order valence-corrected chi connectivity index (χ2v) is 4.90. The Morgan fingerprint density at radius 1 is 1.35 bits per heavy atom. The fraction of sp³-hybridized carbons (Fsp3) is 0.231. The van der Waals surface area contributed by atoms with E-state index in [0.717, 1.165) is 10.4 Å². The molecule has 4 heteroatoms. The molecule has 1 N–H and O–H groups in total. The molecule has 0 radical (unpaired) electrons. The topological polar surface area (TPSA) is 29.5 Å². The van der Waals surface area contributed by atoms with Crippen LogP contribution in [0.5, 0.6) is 5.75 Å². The van der Waals surface area contributed by atoms with E-state index in [1.54, 1.807) is 12.1 Å². The first kappa shape index (κ1) is 12.1. The van der Waals surface area contributed by atoms with Crippen LogP contribution >= 0.6 is 11.3 Å². The number of rotatable bonds is 3. The van der Waals surface area contributed by atoms with Gasteiger partial charge in [0.1, 0.15) is 17.7 Å². The largest absolute Gasteiger partial charge is 0.497 e. The maximum Gasteiger partial charge on any atom is 0.133 e. The summed E-state index contributed by atoms with van der Waals surface area (Å²) in [5.74, 6) is -0.0133. The molecule has 2 rings (SSSR count). The summed E-state index contributed by atoms with van der Waals surface area (Å²) in [5.41, 5.74) is 0.986. The van der Waals surface area contributed by atoms with Crippen molar-refractivity contribution in [3.63, 3.8) is 0 Å². The Labute approximate surface area is 103 Å². The second kappa shape index (κ2) is 4.85. The molecule has 0 aliphatic rings. The Morgan fingerprint density at radius 2 is 2.12 bits per heavy atom. The number of aryl methyl sites for hydroxylation is 1. The van der Waals surface area contributed by atoms with Crippen LogP contribution in [0.4, 0.5) is 4.39 Å². The zero-order valence-electron chi connectivity index (χ0n) is 9.61. The summed E-state index contributed by atoms with van der Waals surface area (Å²) in [7, 11) is 1.48. The van der Waals surface area contributed by atoms with Crippen molar-refractivity contribution in [2.45, 2.75) is 13.0 Å². The van der Waals surface area contributed by atoms with Gasteiger partial charge in [-0.2, -0.15) is 0 Å². The Morgan fingerprint density at radius 3 is 2.65 bits per heavy atom. The maximum atomic E-state index is 13.7. The fourth-order valence-corrected chi connectivity index (χ4v) is 2.37. The van der Waals surface area contributed by atoms with Crippen molar-refractivity contribution < 1.29 is 14.2 Å². The van der Waals surface area contributed by atoms with Gasteiger partial charge >= 0.3 is 0 Å². The van der Waals surface area contributed by atoms with Crippen LogP contribution in [0.25, 0.3) is 0 Å². The third-order valence-electron chi connectivity index (χ3n) is 2.57. The summed E-state index contributed by atoms with van der Waals surface area (Å²) in [5, 5.41) is 11.9. The molecule has 0 fully saturated rings. The summed E-state index contributed by atoms with van der Waals surface area (Å²) >= 11 is 1.53. The van der Waals surface area contributed by atoms with E-state index in [1.165, 1.54) is 24.5 Å². The molecule has 1 atom stereocenters. The van der Waals surface area contributed by atoms with Crippen LogP contribution in [0.3, 0.4) is 0 Å². The summed E-state index contributed by atoms with van der Waals surface area (Å²) in [6.45, 7) is 1.95. The summed E-state index contributed by atoms with van der Waals surface area (Å²) in [6, 6.07) is 6.32. The number of benzene rings is 1. The predicted octanol–water partition coefficient (Wildman–Crippen LogP) is 3.29. The number of hydrogen-bond acceptors (Lipinski definition) is 3. The van der Waals surface area contributed by atoms with E-state index in [2.05, 4.69) is 0 Å². The van der Waals surface area contributed by atoms with E-state index in [1.807, 2.05) is 18.4 Å². The van der Waals surface area contributed by atoms with Crippen LogP contribution in [0.15, 0.2) is 29.6 Å². The lowest BCUT2D eigenvalue weighted by Gasteiger charge is -2.11. The lowest BCUT2D eigenvalue weighted by molar-refractivity contribution is 0.215. The zero-order chi connectivity index (χ0) is 12.4. The molecule has 0 saturated heterocycles. The van der Waals surface area contributed by atoms with Gasteiger partial charge in [0.05, 0.1) is 7.11 Å². The predicted molar refractivity (Wildman–Crippen MR) is 66.1 cm³/mol. The van der Waals surface area contributed by atoms with E-state index in [4.69, 9.17) is 4.74 Å². The number of aliphatic hydroxyl groups excluding tert-OH is 1. The van der Waals surface area contributed by atoms with Crippen molar-refractivity contribution in [1.29, 1.82) is 0 Å². The minimum Gasteiger partial charge on any atom is -0.497 e. The molecule has 2 nitrogen and oxygen atoms in total. The van der Waals surface area contributed by atoms with Crippen LogP contribution in [0.2, 0.25) is 0 Å². The van der Waals surface area contributed by atoms with Crippen molar-refractivity contribution in [1.82, 2.24) is 0 Å². The normalized spacial score (nSPS) is 12.5. The van der Waals surface area contributed by atoms with E-state index >= 15 is 0 Å². The molecular weight excluding hydrogens is 239 g/mol. The third kappa shape index (κ3) is 2.48. The molecule has 0 saturated carbocycles. The summed E-state index contributed by atoms with van der Waals surface area (Å²) in [6.07, 6.45) is -0.925. The smallest absolute Gasteiger partial charge is 0.133 e. The number of thiophene rings is 1. The molecule has 0 aliphatic carbocycles. The standard InChI is InChI=1S/C13H13FO2S/c1-8-5-9(7-17-8)13(15)11-4-3-10(16-2)6-12(11)14/h3-7,13,15H,1-2H3. The molecule has 0 aliphatic heterocycles. The lowest BCUT2D eigenvalue weighted by Crippen LogP contribution is -2.01. The third-order valence-corrected chi connectivity index (χ3v) is 3.45. The van der Waals surface area contributed by atoms with Crippen molar-refractivity contribution in [3.05, 3.63) is 51.5 Å². The molecule has 0 bridgehead atoms. The molecule has 0 spiro atoms. The minimum atomic E-state index is -0.925. The molecule has 1 aromatic carbocycles. The van der Waals surface area contributed by atoms with Gasteiger partial charge in [-0.25, -0.2) is 4.39 Å². The lowest BCUT2D eigenvalue weighted by atomic mass is 10.0. The van der Waals surface area contributed by atoms with Crippen LogP contribution < -0.4 is 4.74 Å². The highest BCUT2D eigenvalue weighted by molar-refractivity contribution is 7.10. The van der Waals surface area contributed by atoms with Gasteiger partial charge in [-0.05, 0) is 36.1 Å². The van der Waals surface area contributed by atoms with Crippen molar-refractivity contribution in [3.8, 4) is 5.75 Å².